The molecule has 19 heavy (non-hydrogen) atoms. The standard InChI is InChI=1S/C14H25N3O2/c1-10-4-3-6-17(7-5-10)13(18)14(12(15)16-19)8-11(2)9-14/h10-11,19H,3-9H2,1-2H3,(H2,15,16). The number of hydrogen-bond acceptors (Lipinski definition) is 3. The lowest BCUT2D eigenvalue weighted by Gasteiger charge is -2.46. The van der Waals surface area contributed by atoms with E-state index >= 15 is 0 Å². The van der Waals surface area contributed by atoms with E-state index in [9.17, 15) is 4.79 Å². The van der Waals surface area contributed by atoms with E-state index in [1.54, 1.807) is 0 Å². The highest BCUT2D eigenvalue weighted by atomic mass is 16.4. The molecule has 1 amide bonds. The van der Waals surface area contributed by atoms with Crippen molar-refractivity contribution in [1.82, 2.24) is 4.90 Å². The lowest BCUT2D eigenvalue weighted by molar-refractivity contribution is -0.144. The molecule has 2 aliphatic rings. The lowest BCUT2D eigenvalue weighted by atomic mass is 9.61. The van der Waals surface area contributed by atoms with Gasteiger partial charge in [0.2, 0.25) is 5.91 Å². The number of amidine groups is 1. The van der Waals surface area contributed by atoms with E-state index in [1.165, 1.54) is 6.42 Å². The molecule has 0 aromatic heterocycles. The summed E-state index contributed by atoms with van der Waals surface area (Å²) in [5.41, 5.74) is 5.07. The zero-order valence-electron chi connectivity index (χ0n) is 11.9. The monoisotopic (exact) mass is 267 g/mol. The second kappa shape index (κ2) is 5.39. The van der Waals surface area contributed by atoms with Crippen LogP contribution in [0.5, 0.6) is 0 Å². The summed E-state index contributed by atoms with van der Waals surface area (Å²) >= 11 is 0. The van der Waals surface area contributed by atoms with Crippen molar-refractivity contribution in [2.24, 2.45) is 28.1 Å². The van der Waals surface area contributed by atoms with Gasteiger partial charge < -0.3 is 15.8 Å². The Morgan fingerprint density at radius 2 is 1.95 bits per heavy atom. The maximum absolute atomic E-state index is 12.8. The Kier molecular flexibility index (Phi) is 4.02. The smallest absolute Gasteiger partial charge is 0.236 e. The van der Waals surface area contributed by atoms with Gasteiger partial charge in [0.1, 0.15) is 5.41 Å². The number of nitrogens with zero attached hydrogens (tertiary/aromatic N) is 2. The van der Waals surface area contributed by atoms with E-state index in [2.05, 4.69) is 19.0 Å². The Morgan fingerprint density at radius 1 is 1.26 bits per heavy atom. The van der Waals surface area contributed by atoms with Gasteiger partial charge in [-0.15, -0.1) is 0 Å². The molecule has 1 aliphatic heterocycles. The summed E-state index contributed by atoms with van der Waals surface area (Å²) in [5, 5.41) is 12.1. The first-order chi connectivity index (χ1) is 8.99. The number of rotatable bonds is 2. The van der Waals surface area contributed by atoms with Gasteiger partial charge in [-0.25, -0.2) is 0 Å². The first-order valence-electron chi connectivity index (χ1n) is 7.27. The van der Waals surface area contributed by atoms with Crippen molar-refractivity contribution in [2.45, 2.75) is 46.0 Å². The molecule has 0 radical (unpaired) electrons. The fourth-order valence-electron chi connectivity index (χ4n) is 3.49. The predicted octanol–water partition coefficient (Wildman–Crippen LogP) is 1.80. The summed E-state index contributed by atoms with van der Waals surface area (Å²) in [5.74, 6) is 1.30. The third-order valence-corrected chi connectivity index (χ3v) is 4.71. The third kappa shape index (κ3) is 2.55. The van der Waals surface area contributed by atoms with E-state index in [-0.39, 0.29) is 11.7 Å². The maximum Gasteiger partial charge on any atom is 0.236 e. The number of hydrogen-bond donors (Lipinski definition) is 2. The van der Waals surface area contributed by atoms with Gasteiger partial charge in [0, 0.05) is 13.1 Å². The molecule has 1 saturated carbocycles. The molecule has 108 valence electrons. The van der Waals surface area contributed by atoms with E-state index in [4.69, 9.17) is 10.9 Å². The second-order valence-corrected chi connectivity index (χ2v) is 6.41. The van der Waals surface area contributed by atoms with Crippen LogP contribution < -0.4 is 5.73 Å². The Labute approximate surface area is 114 Å². The Morgan fingerprint density at radius 3 is 2.53 bits per heavy atom. The van der Waals surface area contributed by atoms with Crippen molar-refractivity contribution in [3.05, 3.63) is 0 Å². The highest BCUT2D eigenvalue weighted by Crippen LogP contribution is 2.47. The van der Waals surface area contributed by atoms with Crippen molar-refractivity contribution >= 4 is 11.7 Å². The Hall–Kier alpha value is -1.26. The zero-order valence-corrected chi connectivity index (χ0v) is 11.9. The van der Waals surface area contributed by atoms with Gasteiger partial charge in [-0.1, -0.05) is 19.0 Å². The third-order valence-electron chi connectivity index (χ3n) is 4.71. The fraction of sp³-hybridized carbons (Fsp3) is 0.857. The van der Waals surface area contributed by atoms with Gasteiger partial charge in [0.15, 0.2) is 5.84 Å². The van der Waals surface area contributed by atoms with Crippen LogP contribution in [-0.2, 0) is 4.79 Å². The van der Waals surface area contributed by atoms with Crippen molar-refractivity contribution < 1.29 is 10.0 Å². The number of likely N-dealkylation sites (tertiary alicyclic amines) is 1. The van der Waals surface area contributed by atoms with Crippen molar-refractivity contribution in [3.8, 4) is 0 Å². The van der Waals surface area contributed by atoms with Gasteiger partial charge in [-0.3, -0.25) is 4.79 Å². The fourth-order valence-corrected chi connectivity index (χ4v) is 3.49. The summed E-state index contributed by atoms with van der Waals surface area (Å²) in [6.07, 6.45) is 4.68. The lowest BCUT2D eigenvalue weighted by Crippen LogP contribution is -2.57. The van der Waals surface area contributed by atoms with Crippen molar-refractivity contribution in [3.63, 3.8) is 0 Å². The van der Waals surface area contributed by atoms with Crippen LogP contribution in [0.2, 0.25) is 0 Å². The topological polar surface area (TPSA) is 78.9 Å². The molecular weight excluding hydrogens is 242 g/mol. The van der Waals surface area contributed by atoms with E-state index in [1.807, 2.05) is 4.90 Å². The number of amides is 1. The Bertz CT molecular complexity index is 375. The first kappa shape index (κ1) is 14.2. The van der Waals surface area contributed by atoms with E-state index in [0.29, 0.717) is 24.7 Å². The second-order valence-electron chi connectivity index (χ2n) is 6.41. The molecule has 0 aromatic rings. The molecular formula is C14H25N3O2. The van der Waals surface area contributed by atoms with Gasteiger partial charge in [0.05, 0.1) is 0 Å². The number of oxime groups is 1. The number of nitrogens with two attached hydrogens (primary N) is 1. The molecule has 3 N–H and O–H groups in total. The van der Waals surface area contributed by atoms with Gasteiger partial charge in [-0.2, -0.15) is 0 Å². The molecule has 1 aliphatic carbocycles. The number of carbonyl (C=O) groups is 1. The summed E-state index contributed by atoms with van der Waals surface area (Å²) in [6.45, 7) is 5.94. The van der Waals surface area contributed by atoms with Crippen LogP contribution in [0.1, 0.15) is 46.0 Å². The van der Waals surface area contributed by atoms with Gasteiger partial charge in [-0.05, 0) is 43.9 Å². The normalized spacial score (nSPS) is 36.5. The molecule has 5 nitrogen and oxygen atoms in total. The van der Waals surface area contributed by atoms with Gasteiger partial charge >= 0.3 is 0 Å². The molecule has 2 fully saturated rings. The summed E-state index contributed by atoms with van der Waals surface area (Å²) in [4.78, 5) is 14.7. The largest absolute Gasteiger partial charge is 0.409 e. The first-order valence-corrected chi connectivity index (χ1v) is 7.27. The van der Waals surface area contributed by atoms with Crippen LogP contribution >= 0.6 is 0 Å². The maximum atomic E-state index is 12.8. The van der Waals surface area contributed by atoms with Crippen LogP contribution in [0, 0.1) is 17.3 Å². The van der Waals surface area contributed by atoms with Crippen LogP contribution in [-0.4, -0.2) is 34.9 Å². The quantitative estimate of drug-likeness (QED) is 0.346. The van der Waals surface area contributed by atoms with Crippen LogP contribution in [0.3, 0.4) is 0 Å². The minimum atomic E-state index is -0.734. The highest BCUT2D eigenvalue weighted by Gasteiger charge is 2.53. The average Bonchev–Trinajstić information content (AvgIpc) is 2.57. The van der Waals surface area contributed by atoms with Crippen molar-refractivity contribution in [2.75, 3.05) is 13.1 Å². The molecule has 5 heteroatoms. The summed E-state index contributed by atoms with van der Waals surface area (Å²) in [7, 11) is 0. The summed E-state index contributed by atoms with van der Waals surface area (Å²) in [6, 6.07) is 0. The van der Waals surface area contributed by atoms with Gasteiger partial charge in [0.25, 0.3) is 0 Å². The van der Waals surface area contributed by atoms with E-state index in [0.717, 1.165) is 25.9 Å². The summed E-state index contributed by atoms with van der Waals surface area (Å²) < 4.78 is 0. The molecule has 1 saturated heterocycles. The minimum absolute atomic E-state index is 0.0648. The zero-order chi connectivity index (χ0) is 14.0. The SMILES string of the molecule is CC1CCCN(C(=O)C2(C(N)=NO)CC(C)C2)CC1. The highest BCUT2D eigenvalue weighted by molar-refractivity contribution is 6.07. The van der Waals surface area contributed by atoms with Crippen LogP contribution in [0.4, 0.5) is 0 Å². The number of carbonyl (C=O) groups excluding carboxylic acids is 1. The minimum Gasteiger partial charge on any atom is -0.409 e. The molecule has 0 aromatic carbocycles. The predicted molar refractivity (Wildman–Crippen MR) is 73.8 cm³/mol. The van der Waals surface area contributed by atoms with E-state index < -0.39 is 5.41 Å². The molecule has 0 bridgehead atoms. The molecule has 1 unspecified atom stereocenters. The molecule has 1 heterocycles. The molecule has 1 atom stereocenters. The van der Waals surface area contributed by atoms with Crippen molar-refractivity contribution in [1.29, 1.82) is 0 Å². The molecule has 0 spiro atoms. The van der Waals surface area contributed by atoms with Crippen LogP contribution in [0.15, 0.2) is 5.16 Å². The van der Waals surface area contributed by atoms with Crippen LogP contribution in [0.25, 0.3) is 0 Å². The average molecular weight is 267 g/mol. The Balaban J connectivity index is 2.12. The molecule has 2 rings (SSSR count).